The summed E-state index contributed by atoms with van der Waals surface area (Å²) in [5, 5.41) is 2.89. The van der Waals surface area contributed by atoms with Crippen LogP contribution in [0, 0.1) is 5.92 Å². The quantitative estimate of drug-likeness (QED) is 0.744. The molecule has 0 aliphatic carbocycles. The molecule has 2 aliphatic rings. The number of nitrogens with one attached hydrogen (secondary N) is 1. The zero-order valence-electron chi connectivity index (χ0n) is 15.0. The standard InChI is InChI=1S/C20H20Cl3N3O2/c21-20(22,23)19(24-18(28)14-5-2-1-3-6-14)25-10-13-9-15(12-25)16-7-4-8-17(27)26(16)11-13/h1-8,13,15,19H,9-12H2,(H,24,28). The summed E-state index contributed by atoms with van der Waals surface area (Å²) in [5.74, 6) is 0.129. The maximum atomic E-state index is 12.7. The van der Waals surface area contributed by atoms with Gasteiger partial charge in [0.05, 0.1) is 0 Å². The van der Waals surface area contributed by atoms with Crippen molar-refractivity contribution in [1.29, 1.82) is 0 Å². The molecule has 3 unspecified atom stereocenters. The molecule has 2 aliphatic heterocycles. The number of halogens is 3. The highest BCUT2D eigenvalue weighted by molar-refractivity contribution is 6.68. The van der Waals surface area contributed by atoms with Gasteiger partial charge >= 0.3 is 0 Å². The molecule has 28 heavy (non-hydrogen) atoms. The minimum atomic E-state index is -1.69. The number of hydrogen-bond acceptors (Lipinski definition) is 3. The summed E-state index contributed by atoms with van der Waals surface area (Å²) in [6.45, 7) is 1.89. The van der Waals surface area contributed by atoms with Gasteiger partial charge in [0.1, 0.15) is 6.17 Å². The first-order valence-corrected chi connectivity index (χ1v) is 10.3. The van der Waals surface area contributed by atoms with E-state index < -0.39 is 9.96 Å². The minimum Gasteiger partial charge on any atom is -0.332 e. The molecule has 1 fully saturated rings. The lowest BCUT2D eigenvalue weighted by molar-refractivity contribution is 0.0586. The predicted molar refractivity (Wildman–Crippen MR) is 111 cm³/mol. The number of amides is 1. The summed E-state index contributed by atoms with van der Waals surface area (Å²) < 4.78 is 0.162. The highest BCUT2D eigenvalue weighted by Crippen LogP contribution is 2.39. The normalized spacial score (nSPS) is 23.0. The number of rotatable bonds is 3. The molecule has 8 heteroatoms. The van der Waals surface area contributed by atoms with Gasteiger partial charge in [-0.05, 0) is 30.5 Å². The van der Waals surface area contributed by atoms with Crippen LogP contribution in [0.3, 0.4) is 0 Å². The fourth-order valence-corrected chi connectivity index (χ4v) is 4.90. The van der Waals surface area contributed by atoms with E-state index in [2.05, 4.69) is 5.32 Å². The van der Waals surface area contributed by atoms with Gasteiger partial charge in [-0.1, -0.05) is 59.1 Å². The van der Waals surface area contributed by atoms with Gasteiger partial charge in [0.15, 0.2) is 0 Å². The van der Waals surface area contributed by atoms with Crippen molar-refractivity contribution in [3.05, 3.63) is 70.1 Å². The number of pyridine rings is 1. The van der Waals surface area contributed by atoms with Crippen LogP contribution in [0.4, 0.5) is 0 Å². The number of likely N-dealkylation sites (tertiary alicyclic amines) is 1. The Bertz CT molecular complexity index is 926. The number of carbonyl (C=O) groups excluding carboxylic acids is 1. The Kier molecular flexibility index (Phi) is 5.45. The van der Waals surface area contributed by atoms with Crippen LogP contribution in [-0.2, 0) is 6.54 Å². The highest BCUT2D eigenvalue weighted by atomic mass is 35.6. The van der Waals surface area contributed by atoms with Gasteiger partial charge in [0, 0.05) is 42.9 Å². The average Bonchev–Trinajstić information content (AvgIpc) is 2.66. The van der Waals surface area contributed by atoms with E-state index in [-0.39, 0.29) is 23.3 Å². The first kappa shape index (κ1) is 19.8. The van der Waals surface area contributed by atoms with E-state index in [0.29, 0.717) is 25.2 Å². The number of aromatic nitrogens is 1. The SMILES string of the molecule is O=C(NC(N1CC2CC(C1)c1cccc(=O)n1C2)C(Cl)(Cl)Cl)c1ccccc1. The summed E-state index contributed by atoms with van der Waals surface area (Å²) in [5.41, 5.74) is 1.54. The van der Waals surface area contributed by atoms with Gasteiger partial charge in [-0.25, -0.2) is 0 Å². The van der Waals surface area contributed by atoms with Crippen molar-refractivity contribution in [2.45, 2.75) is 28.8 Å². The second kappa shape index (κ2) is 7.71. The summed E-state index contributed by atoms with van der Waals surface area (Å²) >= 11 is 18.8. The van der Waals surface area contributed by atoms with Crippen LogP contribution >= 0.6 is 34.8 Å². The molecule has 1 saturated heterocycles. The van der Waals surface area contributed by atoms with Crippen LogP contribution < -0.4 is 10.9 Å². The smallest absolute Gasteiger partial charge is 0.252 e. The molecule has 1 aromatic carbocycles. The van der Waals surface area contributed by atoms with Crippen LogP contribution in [0.25, 0.3) is 0 Å². The van der Waals surface area contributed by atoms with Crippen molar-refractivity contribution in [2.24, 2.45) is 5.92 Å². The van der Waals surface area contributed by atoms with E-state index in [1.165, 1.54) is 0 Å². The number of benzene rings is 1. The summed E-state index contributed by atoms with van der Waals surface area (Å²) in [6.07, 6.45) is 0.219. The molecule has 0 saturated carbocycles. The molecule has 0 radical (unpaired) electrons. The third kappa shape index (κ3) is 3.94. The molecule has 0 spiro atoms. The largest absolute Gasteiger partial charge is 0.332 e. The van der Waals surface area contributed by atoms with E-state index in [1.54, 1.807) is 36.4 Å². The number of fused-ring (bicyclic) bond motifs is 4. The van der Waals surface area contributed by atoms with Gasteiger partial charge in [-0.2, -0.15) is 0 Å². The Morgan fingerprint density at radius 1 is 1.04 bits per heavy atom. The molecule has 3 heterocycles. The van der Waals surface area contributed by atoms with E-state index in [0.717, 1.165) is 12.1 Å². The van der Waals surface area contributed by atoms with Crippen molar-refractivity contribution in [3.8, 4) is 0 Å². The minimum absolute atomic E-state index is 0.0240. The van der Waals surface area contributed by atoms with Gasteiger partial charge in [-0.15, -0.1) is 0 Å². The molecule has 3 atom stereocenters. The van der Waals surface area contributed by atoms with Crippen molar-refractivity contribution in [3.63, 3.8) is 0 Å². The van der Waals surface area contributed by atoms with Crippen LogP contribution in [0.2, 0.25) is 0 Å². The summed E-state index contributed by atoms with van der Waals surface area (Å²) in [4.78, 5) is 26.9. The van der Waals surface area contributed by atoms with Crippen molar-refractivity contribution in [1.82, 2.24) is 14.8 Å². The number of piperidine rings is 1. The number of hydrogen-bond donors (Lipinski definition) is 1. The van der Waals surface area contributed by atoms with Crippen LogP contribution in [0.5, 0.6) is 0 Å². The fourth-order valence-electron chi connectivity index (χ4n) is 4.32. The molecule has 148 valence electrons. The van der Waals surface area contributed by atoms with E-state index in [4.69, 9.17) is 34.8 Å². The molecule has 1 amide bonds. The lowest BCUT2D eigenvalue weighted by Crippen LogP contribution is -2.60. The highest BCUT2D eigenvalue weighted by Gasteiger charge is 2.44. The van der Waals surface area contributed by atoms with Gasteiger partial charge in [0.2, 0.25) is 3.79 Å². The molecule has 1 aromatic heterocycles. The Morgan fingerprint density at radius 3 is 2.50 bits per heavy atom. The van der Waals surface area contributed by atoms with Crippen molar-refractivity contribution >= 4 is 40.7 Å². The molecule has 1 N–H and O–H groups in total. The van der Waals surface area contributed by atoms with Crippen LogP contribution in [-0.4, -0.2) is 38.4 Å². The third-order valence-corrected chi connectivity index (χ3v) is 6.11. The average molecular weight is 441 g/mol. The number of alkyl halides is 3. The lowest BCUT2D eigenvalue weighted by Gasteiger charge is -2.47. The first-order chi connectivity index (χ1) is 13.3. The lowest BCUT2D eigenvalue weighted by atomic mass is 9.83. The van der Waals surface area contributed by atoms with Crippen molar-refractivity contribution < 1.29 is 4.79 Å². The van der Waals surface area contributed by atoms with Gasteiger partial charge in [0.25, 0.3) is 11.5 Å². The molecule has 2 aromatic rings. The maximum Gasteiger partial charge on any atom is 0.252 e. The Morgan fingerprint density at radius 2 is 1.79 bits per heavy atom. The Hall–Kier alpha value is -1.53. The van der Waals surface area contributed by atoms with E-state index in [1.807, 2.05) is 21.6 Å². The Balaban J connectivity index is 1.59. The molecular formula is C20H20Cl3N3O2. The zero-order valence-corrected chi connectivity index (χ0v) is 17.3. The zero-order chi connectivity index (χ0) is 19.9. The monoisotopic (exact) mass is 439 g/mol. The molecule has 5 nitrogen and oxygen atoms in total. The third-order valence-electron chi connectivity index (χ3n) is 5.49. The number of nitrogens with zero attached hydrogens (tertiary/aromatic N) is 2. The second-order valence-corrected chi connectivity index (χ2v) is 9.80. The summed E-state index contributed by atoms with van der Waals surface area (Å²) in [7, 11) is 0. The maximum absolute atomic E-state index is 12.7. The fraction of sp³-hybridized carbons (Fsp3) is 0.400. The Labute approximate surface area is 178 Å². The number of carbonyl (C=O) groups is 1. The topological polar surface area (TPSA) is 54.3 Å². The van der Waals surface area contributed by atoms with Gasteiger partial charge in [-0.3, -0.25) is 14.5 Å². The first-order valence-electron chi connectivity index (χ1n) is 9.19. The van der Waals surface area contributed by atoms with E-state index >= 15 is 0 Å². The molecular weight excluding hydrogens is 421 g/mol. The molecule has 2 bridgehead atoms. The van der Waals surface area contributed by atoms with Crippen LogP contribution in [0.15, 0.2) is 53.3 Å². The second-order valence-electron chi connectivity index (χ2n) is 7.44. The van der Waals surface area contributed by atoms with Crippen LogP contribution in [0.1, 0.15) is 28.4 Å². The van der Waals surface area contributed by atoms with Crippen molar-refractivity contribution in [2.75, 3.05) is 13.1 Å². The summed E-state index contributed by atoms with van der Waals surface area (Å²) in [6, 6.07) is 14.2. The molecule has 4 rings (SSSR count). The predicted octanol–water partition coefficient (Wildman–Crippen LogP) is 3.39. The van der Waals surface area contributed by atoms with E-state index in [9.17, 15) is 9.59 Å². The van der Waals surface area contributed by atoms with Gasteiger partial charge < -0.3 is 9.88 Å².